The standard InChI is InChI=1S/C20H24N2O3S/c1-13-5-7-16(14(2)11-13)19-22(9-10-26-19)20(23)21-17-8-6-15(24-3)12-18(17)25-4/h5-8,11-12,19H,9-10H2,1-4H3,(H,21,23)/t19-/m1/s1. The molecule has 0 unspecified atom stereocenters. The Morgan fingerprint density at radius 3 is 2.65 bits per heavy atom. The van der Waals surface area contributed by atoms with Gasteiger partial charge < -0.3 is 19.7 Å². The molecule has 1 heterocycles. The molecular formula is C20H24N2O3S. The Hall–Kier alpha value is -2.34. The molecule has 1 atom stereocenters. The van der Waals surface area contributed by atoms with Crippen LogP contribution in [0.2, 0.25) is 0 Å². The van der Waals surface area contributed by atoms with Gasteiger partial charge in [-0.1, -0.05) is 23.8 Å². The molecule has 3 rings (SSSR count). The lowest BCUT2D eigenvalue weighted by molar-refractivity contribution is 0.214. The van der Waals surface area contributed by atoms with Gasteiger partial charge in [-0.15, -0.1) is 11.8 Å². The van der Waals surface area contributed by atoms with Crippen molar-refractivity contribution in [1.82, 2.24) is 4.90 Å². The molecule has 6 heteroatoms. The second kappa shape index (κ2) is 7.91. The molecule has 5 nitrogen and oxygen atoms in total. The number of nitrogens with zero attached hydrogens (tertiary/aromatic N) is 1. The molecule has 26 heavy (non-hydrogen) atoms. The van der Waals surface area contributed by atoms with Crippen molar-refractivity contribution in [3.63, 3.8) is 0 Å². The van der Waals surface area contributed by atoms with Gasteiger partial charge in [0.1, 0.15) is 16.9 Å². The zero-order chi connectivity index (χ0) is 18.7. The third-order valence-electron chi connectivity index (χ3n) is 4.49. The highest BCUT2D eigenvalue weighted by atomic mass is 32.2. The first-order chi connectivity index (χ1) is 12.5. The van der Waals surface area contributed by atoms with Crippen LogP contribution >= 0.6 is 11.8 Å². The predicted molar refractivity (Wildman–Crippen MR) is 106 cm³/mol. The van der Waals surface area contributed by atoms with Crippen LogP contribution in [0.4, 0.5) is 10.5 Å². The molecule has 0 aliphatic carbocycles. The third-order valence-corrected chi connectivity index (χ3v) is 5.74. The lowest BCUT2D eigenvalue weighted by atomic mass is 10.1. The topological polar surface area (TPSA) is 50.8 Å². The average Bonchev–Trinajstić information content (AvgIpc) is 3.11. The summed E-state index contributed by atoms with van der Waals surface area (Å²) in [4.78, 5) is 14.8. The highest BCUT2D eigenvalue weighted by Gasteiger charge is 2.32. The number of hydrogen-bond donors (Lipinski definition) is 1. The summed E-state index contributed by atoms with van der Waals surface area (Å²) in [5.74, 6) is 2.18. The number of benzene rings is 2. The van der Waals surface area contributed by atoms with Crippen molar-refractivity contribution in [3.8, 4) is 11.5 Å². The van der Waals surface area contributed by atoms with E-state index in [2.05, 4.69) is 37.4 Å². The van der Waals surface area contributed by atoms with Crippen molar-refractivity contribution in [3.05, 3.63) is 53.1 Å². The summed E-state index contributed by atoms with van der Waals surface area (Å²) in [6.07, 6.45) is 0. The van der Waals surface area contributed by atoms with E-state index in [1.54, 1.807) is 44.2 Å². The normalized spacial score (nSPS) is 16.5. The van der Waals surface area contributed by atoms with Gasteiger partial charge in [0.15, 0.2) is 0 Å². The number of nitrogens with one attached hydrogen (secondary N) is 1. The summed E-state index contributed by atoms with van der Waals surface area (Å²) < 4.78 is 10.6. The van der Waals surface area contributed by atoms with Crippen molar-refractivity contribution in [2.45, 2.75) is 19.2 Å². The minimum Gasteiger partial charge on any atom is -0.497 e. The Morgan fingerprint density at radius 1 is 1.15 bits per heavy atom. The Bertz CT molecular complexity index is 810. The van der Waals surface area contributed by atoms with E-state index < -0.39 is 0 Å². The Labute approximate surface area is 158 Å². The zero-order valence-corrected chi connectivity index (χ0v) is 16.4. The number of carbonyl (C=O) groups is 1. The molecule has 1 aliphatic heterocycles. The maximum atomic E-state index is 12.9. The molecule has 2 aromatic rings. The van der Waals surface area contributed by atoms with E-state index in [9.17, 15) is 4.79 Å². The van der Waals surface area contributed by atoms with Crippen molar-refractivity contribution in [2.24, 2.45) is 0 Å². The van der Waals surface area contributed by atoms with Gasteiger partial charge in [-0.25, -0.2) is 4.79 Å². The van der Waals surface area contributed by atoms with Gasteiger partial charge in [0.2, 0.25) is 0 Å². The second-order valence-electron chi connectivity index (χ2n) is 6.27. The molecule has 0 radical (unpaired) electrons. The van der Waals surface area contributed by atoms with E-state index in [1.807, 2.05) is 4.90 Å². The second-order valence-corrected chi connectivity index (χ2v) is 7.46. The van der Waals surface area contributed by atoms with E-state index in [0.717, 1.165) is 5.75 Å². The zero-order valence-electron chi connectivity index (χ0n) is 15.5. The molecule has 1 aliphatic rings. The van der Waals surface area contributed by atoms with Crippen LogP contribution in [0, 0.1) is 13.8 Å². The van der Waals surface area contributed by atoms with Gasteiger partial charge in [0.25, 0.3) is 0 Å². The SMILES string of the molecule is COc1ccc(NC(=O)N2CCS[C@@H]2c2ccc(C)cc2C)c(OC)c1. The van der Waals surface area contributed by atoms with E-state index >= 15 is 0 Å². The highest BCUT2D eigenvalue weighted by molar-refractivity contribution is 7.99. The first kappa shape index (κ1) is 18.5. The fraction of sp³-hybridized carbons (Fsp3) is 0.350. The third kappa shape index (κ3) is 3.75. The summed E-state index contributed by atoms with van der Waals surface area (Å²) in [6.45, 7) is 4.90. The average molecular weight is 372 g/mol. The van der Waals surface area contributed by atoms with Crippen LogP contribution < -0.4 is 14.8 Å². The van der Waals surface area contributed by atoms with Gasteiger partial charge in [0.05, 0.1) is 19.9 Å². The fourth-order valence-electron chi connectivity index (χ4n) is 3.13. The van der Waals surface area contributed by atoms with Gasteiger partial charge in [-0.3, -0.25) is 0 Å². The quantitative estimate of drug-likeness (QED) is 0.852. The van der Waals surface area contributed by atoms with Gasteiger partial charge >= 0.3 is 6.03 Å². The van der Waals surface area contributed by atoms with Crippen molar-refractivity contribution >= 4 is 23.5 Å². The number of hydrogen-bond acceptors (Lipinski definition) is 4. The number of urea groups is 1. The number of carbonyl (C=O) groups excluding carboxylic acids is 1. The molecule has 1 fully saturated rings. The number of anilines is 1. The van der Waals surface area contributed by atoms with Crippen LogP contribution in [0.1, 0.15) is 22.1 Å². The first-order valence-corrected chi connectivity index (χ1v) is 9.56. The number of rotatable bonds is 4. The lowest BCUT2D eigenvalue weighted by Gasteiger charge is -2.26. The molecule has 0 bridgehead atoms. The maximum absolute atomic E-state index is 12.9. The minimum absolute atomic E-state index is 0.0276. The molecule has 0 saturated carbocycles. The largest absolute Gasteiger partial charge is 0.497 e. The van der Waals surface area contributed by atoms with Crippen molar-refractivity contribution in [1.29, 1.82) is 0 Å². The molecule has 138 valence electrons. The van der Waals surface area contributed by atoms with Crippen LogP contribution in [0.5, 0.6) is 11.5 Å². The number of amides is 2. The first-order valence-electron chi connectivity index (χ1n) is 8.52. The monoisotopic (exact) mass is 372 g/mol. The molecule has 0 aromatic heterocycles. The number of aryl methyl sites for hydroxylation is 2. The summed E-state index contributed by atoms with van der Waals surface area (Å²) in [5, 5.41) is 3.01. The minimum atomic E-state index is -0.122. The molecular weight excluding hydrogens is 348 g/mol. The van der Waals surface area contributed by atoms with Crippen LogP contribution in [-0.2, 0) is 0 Å². The molecule has 0 spiro atoms. The lowest BCUT2D eigenvalue weighted by Crippen LogP contribution is -2.34. The highest BCUT2D eigenvalue weighted by Crippen LogP contribution is 2.40. The summed E-state index contributed by atoms with van der Waals surface area (Å²) >= 11 is 1.79. The summed E-state index contributed by atoms with van der Waals surface area (Å²) in [6, 6.07) is 11.6. The number of thioether (sulfide) groups is 1. The molecule has 1 N–H and O–H groups in total. The number of ether oxygens (including phenoxy) is 2. The van der Waals surface area contributed by atoms with Crippen LogP contribution in [-0.4, -0.2) is 37.4 Å². The van der Waals surface area contributed by atoms with E-state index in [4.69, 9.17) is 9.47 Å². The van der Waals surface area contributed by atoms with Crippen molar-refractivity contribution in [2.75, 3.05) is 31.8 Å². The Morgan fingerprint density at radius 2 is 1.96 bits per heavy atom. The van der Waals surface area contributed by atoms with Gasteiger partial charge in [-0.05, 0) is 37.1 Å². The maximum Gasteiger partial charge on any atom is 0.323 e. The Balaban J connectivity index is 1.81. The van der Waals surface area contributed by atoms with Crippen LogP contribution in [0.25, 0.3) is 0 Å². The Kier molecular flexibility index (Phi) is 5.61. The fourth-order valence-corrected chi connectivity index (χ4v) is 4.48. The van der Waals surface area contributed by atoms with Crippen molar-refractivity contribution < 1.29 is 14.3 Å². The van der Waals surface area contributed by atoms with Gasteiger partial charge in [0, 0.05) is 18.4 Å². The smallest absolute Gasteiger partial charge is 0.323 e. The number of methoxy groups -OCH3 is 2. The van der Waals surface area contributed by atoms with E-state index in [1.165, 1.54) is 16.7 Å². The van der Waals surface area contributed by atoms with Gasteiger partial charge in [-0.2, -0.15) is 0 Å². The molecule has 1 saturated heterocycles. The molecule has 2 aromatic carbocycles. The van der Waals surface area contributed by atoms with Crippen LogP contribution in [0.3, 0.4) is 0 Å². The van der Waals surface area contributed by atoms with E-state index in [0.29, 0.717) is 23.7 Å². The molecule has 2 amide bonds. The van der Waals surface area contributed by atoms with Crippen LogP contribution in [0.15, 0.2) is 36.4 Å². The van der Waals surface area contributed by atoms with E-state index in [-0.39, 0.29) is 11.4 Å². The summed E-state index contributed by atoms with van der Waals surface area (Å²) in [5.41, 5.74) is 4.27. The predicted octanol–water partition coefficient (Wildman–Crippen LogP) is 4.60. The summed E-state index contributed by atoms with van der Waals surface area (Å²) in [7, 11) is 3.18.